The number of carbonyl (C=O) groups is 3. The molecule has 3 heterocycles. The molecule has 0 aromatic heterocycles. The summed E-state index contributed by atoms with van der Waals surface area (Å²) in [5, 5.41) is 22.1. The topological polar surface area (TPSA) is 229 Å². The van der Waals surface area contributed by atoms with E-state index < -0.39 is 21.0 Å². The third-order valence-electron chi connectivity index (χ3n) is 12.1. The molecule has 0 unspecified atom stereocenters. The fourth-order valence-electron chi connectivity index (χ4n) is 7.65. The number of benzene rings is 3. The van der Waals surface area contributed by atoms with Gasteiger partial charge in [-0.25, -0.2) is 14.4 Å². The molecule has 3 saturated carbocycles. The van der Waals surface area contributed by atoms with E-state index in [0.29, 0.717) is 55.4 Å². The van der Waals surface area contributed by atoms with E-state index in [1.807, 2.05) is 88.6 Å². The van der Waals surface area contributed by atoms with Crippen molar-refractivity contribution >= 4 is 71.0 Å². The Labute approximate surface area is 483 Å². The van der Waals surface area contributed by atoms with Gasteiger partial charge in [-0.1, -0.05) is 23.4 Å². The van der Waals surface area contributed by atoms with Gasteiger partial charge in [-0.05, 0) is 168 Å². The first-order valence-corrected chi connectivity index (χ1v) is 35.4. The Morgan fingerprint density at radius 1 is 0.584 bits per heavy atom. The van der Waals surface area contributed by atoms with Gasteiger partial charge >= 0.3 is 64.2 Å². The number of halogens is 2. The molecule has 3 saturated heterocycles. The zero-order valence-electron chi connectivity index (χ0n) is 46.0. The third-order valence-corrected chi connectivity index (χ3v) is 13.0. The van der Waals surface area contributed by atoms with E-state index in [4.69, 9.17) is 34.2 Å². The number of hydrogen-bond acceptors (Lipinski definition) is 14. The summed E-state index contributed by atoms with van der Waals surface area (Å²) in [4.78, 5) is 61.5. The molecule has 9 rings (SSSR count). The SMILES string of the molecule is C.CC(C)(C)OC(=O)N1C[CH-]C1.Cc1cc(N)c(OC2CC2)cc1C1CN(C(=O)OC(C)(C)C)C1.Cc1cc([N+](=O)[O-])c(OC2CC2)cc1Br.Cc1cc([N+](=O)[O-])c(OC2CC2)cc1C1CN(C(=O)OC(C)(C)C)C1.[Zn+][I]. The maximum absolute atomic E-state index is 12.1. The molecule has 77 heavy (non-hydrogen) atoms. The van der Waals surface area contributed by atoms with E-state index in [9.17, 15) is 34.6 Å². The van der Waals surface area contributed by atoms with E-state index in [0.717, 1.165) is 84.1 Å². The molecule has 0 atom stereocenters. The molecule has 3 aliphatic carbocycles. The summed E-state index contributed by atoms with van der Waals surface area (Å²) in [6.45, 7) is 26.4. The van der Waals surface area contributed by atoms with Crippen LogP contribution in [0.25, 0.3) is 0 Å². The Morgan fingerprint density at radius 3 is 1.25 bits per heavy atom. The molecule has 22 heteroatoms. The molecular formula is C55H78BrIN6O13Zn. The second-order valence-corrected chi connectivity index (χ2v) is 23.7. The summed E-state index contributed by atoms with van der Waals surface area (Å²) in [6, 6.07) is 10.6. The predicted molar refractivity (Wildman–Crippen MR) is 304 cm³/mol. The average molecular weight is 1300 g/mol. The van der Waals surface area contributed by atoms with Crippen LogP contribution in [0.3, 0.4) is 0 Å². The van der Waals surface area contributed by atoms with Gasteiger partial charge in [0.05, 0.1) is 33.8 Å². The van der Waals surface area contributed by atoms with Crippen LogP contribution in [0.4, 0.5) is 31.4 Å². The van der Waals surface area contributed by atoms with Crippen molar-refractivity contribution in [3.8, 4) is 17.2 Å². The van der Waals surface area contributed by atoms with Crippen molar-refractivity contribution in [3.63, 3.8) is 0 Å². The Hall–Kier alpha value is -4.70. The van der Waals surface area contributed by atoms with E-state index in [-0.39, 0.29) is 60.8 Å². The molecular weight excluding hydrogens is 1220 g/mol. The van der Waals surface area contributed by atoms with E-state index in [2.05, 4.69) is 48.7 Å². The van der Waals surface area contributed by atoms with Gasteiger partial charge in [0.2, 0.25) is 0 Å². The monoisotopic (exact) mass is 1300 g/mol. The number of nitro groups is 2. The van der Waals surface area contributed by atoms with Crippen LogP contribution in [0.1, 0.15) is 148 Å². The molecule has 3 aromatic carbocycles. The molecule has 422 valence electrons. The van der Waals surface area contributed by atoms with Gasteiger partial charge in [0, 0.05) is 60.7 Å². The standard InChI is InChI=1S/C18H24N2O5.C18H26N2O3.C10H10BrNO3.C8H14NO2.CH4.HI.Zn/c1-11-7-15(20(22)23)16(24-13-5-6-13)8-14(11)12-9-19(10-12)17(21)25-18(2,3)4;1-11-7-15(19)16(22-13-5-6-13)8-14(11)12-9-20(10-12)17(21)23-18(2,3)4;1-6-4-9(12(13)14)10(5-8(6)11)15-7-2-3-7;1-8(2,3)11-7(10)9-5-4-6-9;;;/h7-8,12-13H,5-6,9-10H2,1-4H3;7-8,12-13H,5-6,9-10,19H2,1-4H3;4-5,7H,2-3H2,1H3;4H,5-6H2,1-3H3;1H4;1H;/q;;;-1;;;+2/p-1. The zero-order chi connectivity index (χ0) is 56.6. The van der Waals surface area contributed by atoms with Crippen LogP contribution in [0.5, 0.6) is 17.2 Å². The minimum absolute atomic E-state index is 0. The Balaban J connectivity index is 0.000000227. The van der Waals surface area contributed by atoms with Crippen molar-refractivity contribution in [1.29, 1.82) is 0 Å². The molecule has 6 aliphatic rings. The summed E-state index contributed by atoms with van der Waals surface area (Å²) in [5.74, 6) is 1.95. The molecule has 0 spiro atoms. The average Bonchev–Trinajstić information content (AvgIpc) is 4.09. The number of likely N-dealkylation sites (tertiary alicyclic amines) is 3. The van der Waals surface area contributed by atoms with Crippen molar-refractivity contribution < 1.29 is 67.4 Å². The number of nitrogen functional groups attached to an aromatic ring is 1. The van der Waals surface area contributed by atoms with Crippen LogP contribution in [-0.4, -0.2) is 117 Å². The molecule has 2 N–H and O–H groups in total. The van der Waals surface area contributed by atoms with Crippen LogP contribution >= 0.6 is 35.7 Å². The predicted octanol–water partition coefficient (Wildman–Crippen LogP) is 13.4. The second-order valence-electron chi connectivity index (χ2n) is 22.8. The summed E-state index contributed by atoms with van der Waals surface area (Å²) < 4.78 is 33.8. The van der Waals surface area contributed by atoms with Gasteiger partial charge in [-0.2, -0.15) is 0 Å². The summed E-state index contributed by atoms with van der Waals surface area (Å²) >= 11 is 6.96. The summed E-state index contributed by atoms with van der Waals surface area (Å²) in [6.07, 6.45) is 7.92. The fourth-order valence-corrected chi connectivity index (χ4v) is 7.97. The van der Waals surface area contributed by atoms with Crippen molar-refractivity contribution in [2.75, 3.05) is 45.0 Å². The number of anilines is 1. The first kappa shape index (κ1) is 64.8. The van der Waals surface area contributed by atoms with E-state index in [1.165, 1.54) is 26.4 Å². The first-order valence-electron chi connectivity index (χ1n) is 25.6. The van der Waals surface area contributed by atoms with Crippen molar-refractivity contribution in [3.05, 3.63) is 95.3 Å². The van der Waals surface area contributed by atoms with Crippen LogP contribution in [0.2, 0.25) is 0 Å². The molecule has 0 bridgehead atoms. The number of nitrogens with two attached hydrogens (primary N) is 1. The number of amides is 3. The maximum atomic E-state index is 12.1. The number of aryl methyl sites for hydroxylation is 3. The quantitative estimate of drug-likeness (QED) is 0.0379. The van der Waals surface area contributed by atoms with Gasteiger partial charge in [-0.15, -0.1) is 13.1 Å². The van der Waals surface area contributed by atoms with Crippen LogP contribution in [0, 0.1) is 47.4 Å². The van der Waals surface area contributed by atoms with Crippen molar-refractivity contribution in [2.24, 2.45) is 0 Å². The van der Waals surface area contributed by atoms with E-state index in [1.54, 1.807) is 32.9 Å². The molecule has 3 amide bonds. The molecule has 3 aromatic rings. The van der Waals surface area contributed by atoms with Crippen LogP contribution in [0.15, 0.2) is 40.9 Å². The number of hydrogen-bond donors (Lipinski definition) is 1. The van der Waals surface area contributed by atoms with Gasteiger partial charge < -0.3 is 48.9 Å². The summed E-state index contributed by atoms with van der Waals surface area (Å²) in [7, 11) is 0. The molecule has 6 fully saturated rings. The van der Waals surface area contributed by atoms with Gasteiger partial charge in [0.1, 0.15) is 22.6 Å². The summed E-state index contributed by atoms with van der Waals surface area (Å²) in [5.41, 5.74) is 10.5. The number of carbonyl (C=O) groups excluding carboxylic acids is 3. The Morgan fingerprint density at radius 2 is 0.909 bits per heavy atom. The number of ether oxygens (including phenoxy) is 6. The normalized spacial score (nSPS) is 16.9. The van der Waals surface area contributed by atoms with Gasteiger partial charge in [-0.3, -0.25) is 26.6 Å². The van der Waals surface area contributed by atoms with E-state index >= 15 is 0 Å². The second kappa shape index (κ2) is 27.5. The van der Waals surface area contributed by atoms with Crippen LogP contribution in [-0.2, 0) is 29.0 Å². The van der Waals surface area contributed by atoms with Gasteiger partial charge in [0.25, 0.3) is 0 Å². The Kier molecular flexibility index (Phi) is 23.1. The zero-order valence-corrected chi connectivity index (χ0v) is 52.7. The first-order chi connectivity index (χ1) is 35.4. The third kappa shape index (κ3) is 20.5. The number of nitrogens with zero attached hydrogens (tertiary/aromatic N) is 5. The number of rotatable bonds is 10. The fraction of sp³-hybridized carbons (Fsp3) is 0.600. The molecule has 19 nitrogen and oxygen atoms in total. The number of nitro benzene ring substituents is 2. The minimum atomic E-state index is -0.517. The molecule has 3 aliphatic heterocycles. The van der Waals surface area contributed by atoms with Crippen molar-refractivity contribution in [1.82, 2.24) is 14.7 Å². The molecule has 0 radical (unpaired) electrons. The van der Waals surface area contributed by atoms with Crippen molar-refractivity contribution in [2.45, 2.75) is 176 Å². The Bertz CT molecular complexity index is 2560. The van der Waals surface area contributed by atoms with Crippen LogP contribution < -0.4 is 19.9 Å². The van der Waals surface area contributed by atoms with Gasteiger partial charge in [0.15, 0.2) is 11.5 Å².